The van der Waals surface area contributed by atoms with Crippen molar-refractivity contribution in [2.24, 2.45) is 4.99 Å². The summed E-state index contributed by atoms with van der Waals surface area (Å²) in [4.78, 5) is 61.7. The van der Waals surface area contributed by atoms with Crippen LogP contribution < -0.4 is 10.6 Å². The Hall–Kier alpha value is -2.96. The number of fused-ring (bicyclic) bond motifs is 4. The predicted octanol–water partition coefficient (Wildman–Crippen LogP) is 5.62. The number of nitrogens with one attached hydrogen (secondary N) is 2. The van der Waals surface area contributed by atoms with Crippen LogP contribution in [0.5, 0.6) is 0 Å². The van der Waals surface area contributed by atoms with Gasteiger partial charge in [0, 0.05) is 29.7 Å². The van der Waals surface area contributed by atoms with Crippen LogP contribution in [0.3, 0.4) is 0 Å². The molecule has 3 atom stereocenters. The monoisotopic (exact) mass is 670 g/mol. The SMILES string of the molecule is CCCCCCCC(=O)SCC/C=C\[C@@H]1CC(=O)NCc2nc(cs2)C2=N[C@@](C)(CS2)C(=O)N[C@@H](Cc2ccccc2)C(=O)O1. The van der Waals surface area contributed by atoms with Crippen LogP contribution in [0, 0.1) is 0 Å². The molecular weight excluding hydrogens is 629 g/mol. The second kappa shape index (κ2) is 17.7. The lowest BCUT2D eigenvalue weighted by Gasteiger charge is -2.25. The number of thioether (sulfide) groups is 2. The van der Waals surface area contributed by atoms with Gasteiger partial charge >= 0.3 is 5.97 Å². The maximum absolute atomic E-state index is 13.6. The molecule has 0 saturated heterocycles. The molecule has 2 aliphatic rings. The molecule has 2 aliphatic heterocycles. The summed E-state index contributed by atoms with van der Waals surface area (Å²) in [6.07, 6.45) is 9.54. The summed E-state index contributed by atoms with van der Waals surface area (Å²) in [5.74, 6) is -0.277. The Balaban J connectivity index is 1.46. The lowest BCUT2D eigenvalue weighted by Crippen LogP contribution is -2.52. The van der Waals surface area contributed by atoms with Crippen molar-refractivity contribution in [1.29, 1.82) is 0 Å². The van der Waals surface area contributed by atoms with E-state index in [0.29, 0.717) is 40.1 Å². The van der Waals surface area contributed by atoms with E-state index in [4.69, 9.17) is 9.73 Å². The van der Waals surface area contributed by atoms with E-state index < -0.39 is 23.7 Å². The molecule has 4 bridgehead atoms. The van der Waals surface area contributed by atoms with Gasteiger partial charge in [-0.15, -0.1) is 23.1 Å². The number of cyclic esters (lactones) is 1. The molecule has 242 valence electrons. The maximum Gasteiger partial charge on any atom is 0.329 e. The minimum Gasteiger partial charge on any atom is -0.456 e. The Labute approximate surface area is 277 Å². The van der Waals surface area contributed by atoms with Crippen molar-refractivity contribution in [3.05, 3.63) is 64.1 Å². The zero-order chi connectivity index (χ0) is 32.1. The number of aliphatic imine (C=N–C) groups is 1. The zero-order valence-electron chi connectivity index (χ0n) is 25.9. The van der Waals surface area contributed by atoms with Crippen LogP contribution in [0.4, 0.5) is 0 Å². The third kappa shape index (κ3) is 11.1. The molecule has 0 saturated carbocycles. The Morgan fingerprint density at radius 1 is 1.16 bits per heavy atom. The molecule has 0 unspecified atom stereocenters. The number of unbranched alkanes of at least 4 members (excludes halogenated alkanes) is 4. The van der Waals surface area contributed by atoms with E-state index in [9.17, 15) is 19.2 Å². The van der Waals surface area contributed by atoms with Gasteiger partial charge in [0.05, 0.1) is 13.0 Å². The van der Waals surface area contributed by atoms with Crippen molar-refractivity contribution >= 4 is 62.8 Å². The van der Waals surface area contributed by atoms with Crippen molar-refractivity contribution in [3.8, 4) is 0 Å². The van der Waals surface area contributed by atoms with Crippen molar-refractivity contribution < 1.29 is 23.9 Å². The molecule has 45 heavy (non-hydrogen) atoms. The van der Waals surface area contributed by atoms with E-state index in [1.807, 2.05) is 41.8 Å². The molecule has 9 nitrogen and oxygen atoms in total. The average Bonchev–Trinajstić information content (AvgIpc) is 3.67. The quantitative estimate of drug-likeness (QED) is 0.169. The Morgan fingerprint density at radius 3 is 2.76 bits per heavy atom. The lowest BCUT2D eigenvalue weighted by atomic mass is 10.0. The minimum atomic E-state index is -1.08. The normalized spacial score (nSPS) is 22.5. The molecule has 4 rings (SSSR count). The van der Waals surface area contributed by atoms with E-state index in [1.54, 1.807) is 13.0 Å². The fourth-order valence-corrected chi connectivity index (χ4v) is 7.53. The summed E-state index contributed by atoms with van der Waals surface area (Å²) < 4.78 is 5.88. The summed E-state index contributed by atoms with van der Waals surface area (Å²) in [5.41, 5.74) is 0.455. The van der Waals surface area contributed by atoms with Gasteiger partial charge in [-0.2, -0.15) is 0 Å². The lowest BCUT2D eigenvalue weighted by molar-refractivity contribution is -0.152. The molecule has 2 amide bonds. The fraction of sp³-hybridized carbons (Fsp3) is 0.515. The van der Waals surface area contributed by atoms with Gasteiger partial charge in [0.2, 0.25) is 11.8 Å². The first-order valence-electron chi connectivity index (χ1n) is 15.6. The van der Waals surface area contributed by atoms with Gasteiger partial charge in [-0.1, -0.05) is 80.8 Å². The molecule has 1 aromatic carbocycles. The standard InChI is InChI=1S/C33H42N4O5S3/c1-3-4-5-6-10-16-29(39)43-17-12-11-15-24-19-27(38)34-20-28-35-26(21-44-28)30-37-33(2,22-45-30)32(41)36-25(31(40)42-24)18-23-13-8-7-9-14-23/h7-9,11,13-15,21,24-25H,3-6,10,12,16-20,22H2,1-2H3,(H,34,38)(H,36,41)/b15-11-/t24-,25+,33+/m1/s1. The van der Waals surface area contributed by atoms with Crippen LogP contribution in [0.1, 0.15) is 81.5 Å². The molecule has 0 radical (unpaired) electrons. The molecule has 2 N–H and O–H groups in total. The van der Waals surface area contributed by atoms with E-state index in [2.05, 4.69) is 22.5 Å². The number of aromatic nitrogens is 1. The highest BCUT2D eigenvalue weighted by Gasteiger charge is 2.41. The molecule has 3 heterocycles. The van der Waals surface area contributed by atoms with Crippen molar-refractivity contribution in [2.45, 2.75) is 95.9 Å². The summed E-state index contributed by atoms with van der Waals surface area (Å²) in [6.45, 7) is 4.16. The van der Waals surface area contributed by atoms with Crippen LogP contribution in [-0.2, 0) is 36.9 Å². The molecule has 0 fully saturated rings. The maximum atomic E-state index is 13.6. The number of thiazole rings is 1. The minimum absolute atomic E-state index is 0.0867. The summed E-state index contributed by atoms with van der Waals surface area (Å²) in [7, 11) is 0. The molecule has 2 aromatic rings. The number of hydrogen-bond acceptors (Lipinski definition) is 10. The fourth-order valence-electron chi connectivity index (χ4n) is 4.84. The highest BCUT2D eigenvalue weighted by atomic mass is 32.2. The third-order valence-corrected chi connectivity index (χ3v) is 10.5. The van der Waals surface area contributed by atoms with E-state index in [-0.39, 0.29) is 36.3 Å². The molecule has 1 aromatic heterocycles. The highest BCUT2D eigenvalue weighted by Crippen LogP contribution is 2.32. The van der Waals surface area contributed by atoms with Crippen molar-refractivity contribution in [1.82, 2.24) is 15.6 Å². The Morgan fingerprint density at radius 2 is 1.96 bits per heavy atom. The predicted molar refractivity (Wildman–Crippen MR) is 183 cm³/mol. The largest absolute Gasteiger partial charge is 0.456 e. The molecule has 0 spiro atoms. The van der Waals surface area contributed by atoms with Gasteiger partial charge in [0.25, 0.3) is 0 Å². The number of esters is 1. The first-order valence-corrected chi connectivity index (χ1v) is 18.4. The summed E-state index contributed by atoms with van der Waals surface area (Å²) in [6, 6.07) is 8.42. The topological polar surface area (TPSA) is 127 Å². The van der Waals surface area contributed by atoms with Crippen molar-refractivity contribution in [2.75, 3.05) is 11.5 Å². The number of ether oxygens (including phenoxy) is 1. The van der Waals surface area contributed by atoms with E-state index >= 15 is 0 Å². The highest BCUT2D eigenvalue weighted by molar-refractivity contribution is 8.14. The molecule has 12 heteroatoms. The number of hydrogen-bond donors (Lipinski definition) is 2. The number of allylic oxidation sites excluding steroid dienone is 1. The second-order valence-electron chi connectivity index (χ2n) is 11.4. The van der Waals surface area contributed by atoms with Crippen LogP contribution in [0.25, 0.3) is 0 Å². The summed E-state index contributed by atoms with van der Waals surface area (Å²) >= 11 is 4.17. The Bertz CT molecular complexity index is 1380. The smallest absolute Gasteiger partial charge is 0.329 e. The second-order valence-corrected chi connectivity index (χ2v) is 14.4. The molecule has 0 aliphatic carbocycles. The molecular formula is C33H42N4O5S3. The Kier molecular flexibility index (Phi) is 13.7. The van der Waals surface area contributed by atoms with Gasteiger partial charge in [0.15, 0.2) is 5.12 Å². The number of nitrogens with zero attached hydrogens (tertiary/aromatic N) is 2. The van der Waals surface area contributed by atoms with Gasteiger partial charge in [-0.3, -0.25) is 19.4 Å². The average molecular weight is 671 g/mol. The van der Waals surface area contributed by atoms with Crippen molar-refractivity contribution in [3.63, 3.8) is 0 Å². The first-order chi connectivity index (χ1) is 21.8. The van der Waals surface area contributed by atoms with E-state index in [0.717, 1.165) is 18.4 Å². The van der Waals surface area contributed by atoms with Gasteiger partial charge in [0.1, 0.15) is 33.4 Å². The van der Waals surface area contributed by atoms with Gasteiger partial charge in [-0.05, 0) is 31.4 Å². The number of rotatable bonds is 12. The number of carbonyl (C=O) groups is 4. The first kappa shape index (κ1) is 34.9. The van der Waals surface area contributed by atoms with Crippen LogP contribution in [-0.4, -0.2) is 62.1 Å². The van der Waals surface area contributed by atoms with Crippen LogP contribution in [0.15, 0.2) is 52.9 Å². The van der Waals surface area contributed by atoms with Gasteiger partial charge in [-0.25, -0.2) is 9.78 Å². The van der Waals surface area contributed by atoms with Gasteiger partial charge < -0.3 is 15.4 Å². The number of benzene rings is 1. The van der Waals surface area contributed by atoms with Crippen LogP contribution >= 0.6 is 34.9 Å². The zero-order valence-corrected chi connectivity index (χ0v) is 28.4. The number of amides is 2. The van der Waals surface area contributed by atoms with E-state index in [1.165, 1.54) is 54.1 Å². The number of carbonyl (C=O) groups excluding carboxylic acids is 4. The third-order valence-electron chi connectivity index (χ3n) is 7.44. The van der Waals surface area contributed by atoms with Crippen LogP contribution in [0.2, 0.25) is 0 Å². The summed E-state index contributed by atoms with van der Waals surface area (Å²) in [5, 5.41) is 9.21.